The van der Waals surface area contributed by atoms with E-state index >= 15 is 0 Å². The molecular formula is C24H27N3O3. The Labute approximate surface area is 176 Å². The molecule has 1 aliphatic rings. The quantitative estimate of drug-likeness (QED) is 0.653. The molecule has 0 bridgehead atoms. The van der Waals surface area contributed by atoms with Gasteiger partial charge < -0.3 is 15.3 Å². The van der Waals surface area contributed by atoms with Crippen LogP contribution in [0.5, 0.6) is 0 Å². The molecule has 6 nitrogen and oxygen atoms in total. The van der Waals surface area contributed by atoms with Crippen LogP contribution >= 0.6 is 0 Å². The number of carboxylic acid groups (broad SMARTS) is 1. The van der Waals surface area contributed by atoms with Crippen molar-refractivity contribution in [2.75, 3.05) is 26.2 Å². The van der Waals surface area contributed by atoms with Gasteiger partial charge in [0.2, 0.25) is 0 Å². The number of piperidine rings is 1. The zero-order chi connectivity index (χ0) is 20.9. The lowest BCUT2D eigenvalue weighted by molar-refractivity contribution is 0.0697. The van der Waals surface area contributed by atoms with Gasteiger partial charge in [0.1, 0.15) is 0 Å². The lowest BCUT2D eigenvalue weighted by Gasteiger charge is -2.32. The second-order valence-electron chi connectivity index (χ2n) is 7.97. The number of carbonyl (C=O) groups excluding carboxylic acids is 1. The van der Waals surface area contributed by atoms with Crippen LogP contribution in [0.15, 0.2) is 60.8 Å². The molecule has 156 valence electrons. The molecule has 0 radical (unpaired) electrons. The molecule has 30 heavy (non-hydrogen) atoms. The molecule has 4 rings (SSSR count). The Kier molecular flexibility index (Phi) is 6.14. The molecular weight excluding hydrogens is 378 g/mol. The third-order valence-electron chi connectivity index (χ3n) is 5.93. The standard InChI is InChI=1S/C24H27N3O3/c28-23(29)21-6-7-22-20(17-21)10-14-27(22)24(30)25-11-15-26-12-8-19(9-13-26)16-18-4-2-1-3-5-18/h1-7,10,14,17,19H,8-9,11-13,15-16H2,(H,25,30)(H,28,29). The van der Waals surface area contributed by atoms with Gasteiger partial charge in [0, 0.05) is 24.7 Å². The fraction of sp³-hybridized carbons (Fsp3) is 0.333. The van der Waals surface area contributed by atoms with E-state index in [0.29, 0.717) is 12.1 Å². The number of hydrogen-bond acceptors (Lipinski definition) is 3. The van der Waals surface area contributed by atoms with Gasteiger partial charge in [-0.25, -0.2) is 9.59 Å². The molecule has 0 aliphatic carbocycles. The van der Waals surface area contributed by atoms with Gasteiger partial charge in [0.25, 0.3) is 0 Å². The SMILES string of the molecule is O=C(O)c1ccc2c(ccn2C(=O)NCCN2CCC(Cc3ccccc3)CC2)c1. The summed E-state index contributed by atoms with van der Waals surface area (Å²) in [7, 11) is 0. The summed E-state index contributed by atoms with van der Waals surface area (Å²) in [6.07, 6.45) is 5.21. The van der Waals surface area contributed by atoms with Gasteiger partial charge in [-0.2, -0.15) is 0 Å². The summed E-state index contributed by atoms with van der Waals surface area (Å²) in [5, 5.41) is 12.8. The van der Waals surface area contributed by atoms with Crippen LogP contribution in [0.3, 0.4) is 0 Å². The normalized spacial score (nSPS) is 15.3. The highest BCUT2D eigenvalue weighted by Gasteiger charge is 2.19. The maximum atomic E-state index is 12.6. The van der Waals surface area contributed by atoms with E-state index < -0.39 is 5.97 Å². The van der Waals surface area contributed by atoms with Crippen molar-refractivity contribution in [3.8, 4) is 0 Å². The van der Waals surface area contributed by atoms with Crippen molar-refractivity contribution in [2.45, 2.75) is 19.3 Å². The highest BCUT2D eigenvalue weighted by atomic mass is 16.4. The minimum atomic E-state index is -0.971. The summed E-state index contributed by atoms with van der Waals surface area (Å²) in [5.41, 5.74) is 2.34. The van der Waals surface area contributed by atoms with E-state index in [1.807, 2.05) is 0 Å². The summed E-state index contributed by atoms with van der Waals surface area (Å²) in [4.78, 5) is 26.1. The first-order chi connectivity index (χ1) is 14.6. The number of fused-ring (bicyclic) bond motifs is 1. The first-order valence-corrected chi connectivity index (χ1v) is 10.5. The van der Waals surface area contributed by atoms with Crippen LogP contribution in [0.1, 0.15) is 28.8 Å². The Bertz CT molecular complexity index is 1020. The molecule has 3 aromatic rings. The summed E-state index contributed by atoms with van der Waals surface area (Å²) < 4.78 is 1.53. The van der Waals surface area contributed by atoms with Crippen LogP contribution in [-0.4, -0.2) is 52.8 Å². The third kappa shape index (κ3) is 4.71. The largest absolute Gasteiger partial charge is 0.478 e. The predicted molar refractivity (Wildman–Crippen MR) is 117 cm³/mol. The predicted octanol–water partition coefficient (Wildman–Crippen LogP) is 3.85. The summed E-state index contributed by atoms with van der Waals surface area (Å²) in [6.45, 7) is 3.57. The van der Waals surface area contributed by atoms with Gasteiger partial charge in [0.05, 0.1) is 11.1 Å². The molecule has 6 heteroatoms. The molecule has 1 aliphatic heterocycles. The number of carboxylic acids is 1. The Hall–Kier alpha value is -3.12. The Morgan fingerprint density at radius 1 is 1.03 bits per heavy atom. The first-order valence-electron chi connectivity index (χ1n) is 10.5. The van der Waals surface area contributed by atoms with E-state index in [2.05, 4.69) is 40.5 Å². The number of hydrogen-bond donors (Lipinski definition) is 2. The number of nitrogens with one attached hydrogen (secondary N) is 1. The van der Waals surface area contributed by atoms with Crippen LogP contribution in [0.4, 0.5) is 4.79 Å². The van der Waals surface area contributed by atoms with E-state index in [1.165, 1.54) is 29.0 Å². The molecule has 1 aromatic heterocycles. The van der Waals surface area contributed by atoms with E-state index in [-0.39, 0.29) is 11.6 Å². The fourth-order valence-electron chi connectivity index (χ4n) is 4.22. The first kappa shape index (κ1) is 20.2. The number of aromatic nitrogens is 1. The molecule has 0 unspecified atom stereocenters. The lowest BCUT2D eigenvalue weighted by Crippen LogP contribution is -2.40. The Morgan fingerprint density at radius 3 is 2.53 bits per heavy atom. The second-order valence-corrected chi connectivity index (χ2v) is 7.97. The molecule has 0 saturated carbocycles. The van der Waals surface area contributed by atoms with Crippen molar-refractivity contribution in [1.82, 2.24) is 14.8 Å². The molecule has 1 saturated heterocycles. The molecule has 2 N–H and O–H groups in total. The van der Waals surface area contributed by atoms with Crippen molar-refractivity contribution in [1.29, 1.82) is 0 Å². The van der Waals surface area contributed by atoms with Crippen molar-refractivity contribution in [2.24, 2.45) is 5.92 Å². The second kappa shape index (κ2) is 9.13. The number of benzene rings is 2. The van der Waals surface area contributed by atoms with Gasteiger partial charge in [-0.05, 0) is 68.1 Å². The van der Waals surface area contributed by atoms with E-state index in [9.17, 15) is 9.59 Å². The van der Waals surface area contributed by atoms with E-state index in [0.717, 1.165) is 37.4 Å². The lowest BCUT2D eigenvalue weighted by atomic mass is 9.90. The minimum absolute atomic E-state index is 0.188. The summed E-state index contributed by atoms with van der Waals surface area (Å²) in [6, 6.07) is 17.0. The van der Waals surface area contributed by atoms with Crippen LogP contribution in [0.25, 0.3) is 10.9 Å². The third-order valence-corrected chi connectivity index (χ3v) is 5.93. The average molecular weight is 405 g/mol. The van der Waals surface area contributed by atoms with Crippen molar-refractivity contribution in [3.05, 3.63) is 71.9 Å². The number of likely N-dealkylation sites (tertiary alicyclic amines) is 1. The molecule has 0 spiro atoms. The van der Waals surface area contributed by atoms with Crippen LogP contribution in [0.2, 0.25) is 0 Å². The number of nitrogens with zero attached hydrogens (tertiary/aromatic N) is 2. The molecule has 0 atom stereocenters. The highest BCUT2D eigenvalue weighted by molar-refractivity contribution is 5.97. The van der Waals surface area contributed by atoms with Gasteiger partial charge in [-0.1, -0.05) is 30.3 Å². The average Bonchev–Trinajstić information content (AvgIpc) is 3.19. The van der Waals surface area contributed by atoms with Crippen LogP contribution in [-0.2, 0) is 6.42 Å². The number of carbonyl (C=O) groups is 2. The van der Waals surface area contributed by atoms with Crippen LogP contribution < -0.4 is 5.32 Å². The smallest absolute Gasteiger partial charge is 0.335 e. The van der Waals surface area contributed by atoms with Crippen molar-refractivity contribution >= 4 is 22.9 Å². The van der Waals surface area contributed by atoms with Crippen molar-refractivity contribution < 1.29 is 14.7 Å². The van der Waals surface area contributed by atoms with Gasteiger partial charge in [-0.15, -0.1) is 0 Å². The van der Waals surface area contributed by atoms with E-state index in [1.54, 1.807) is 24.4 Å². The molecule has 1 amide bonds. The minimum Gasteiger partial charge on any atom is -0.478 e. The zero-order valence-corrected chi connectivity index (χ0v) is 17.0. The monoisotopic (exact) mass is 405 g/mol. The highest BCUT2D eigenvalue weighted by Crippen LogP contribution is 2.21. The van der Waals surface area contributed by atoms with Gasteiger partial charge in [-0.3, -0.25) is 4.57 Å². The van der Waals surface area contributed by atoms with Crippen molar-refractivity contribution in [3.63, 3.8) is 0 Å². The number of rotatable bonds is 6. The number of aromatic carboxylic acids is 1. The maximum absolute atomic E-state index is 12.6. The van der Waals surface area contributed by atoms with Crippen LogP contribution in [0, 0.1) is 5.92 Å². The summed E-state index contributed by atoms with van der Waals surface area (Å²) in [5.74, 6) is -0.234. The number of amides is 1. The topological polar surface area (TPSA) is 74.6 Å². The van der Waals surface area contributed by atoms with Gasteiger partial charge in [0.15, 0.2) is 0 Å². The molecule has 2 aromatic carbocycles. The van der Waals surface area contributed by atoms with E-state index in [4.69, 9.17) is 5.11 Å². The Morgan fingerprint density at radius 2 is 1.80 bits per heavy atom. The fourth-order valence-corrected chi connectivity index (χ4v) is 4.22. The zero-order valence-electron chi connectivity index (χ0n) is 17.0. The summed E-state index contributed by atoms with van der Waals surface area (Å²) >= 11 is 0. The molecule has 2 heterocycles. The maximum Gasteiger partial charge on any atom is 0.335 e. The van der Waals surface area contributed by atoms with Gasteiger partial charge >= 0.3 is 12.0 Å². The Balaban J connectivity index is 1.24. The molecule has 1 fully saturated rings.